The van der Waals surface area contributed by atoms with Crippen LogP contribution < -0.4 is 0 Å². The van der Waals surface area contributed by atoms with Crippen molar-refractivity contribution in [2.75, 3.05) is 0 Å². The van der Waals surface area contributed by atoms with E-state index in [0.29, 0.717) is 0 Å². The SMILES string of the molecule is CC1(Br)C(Br)=C[CH]C(Br)=C1Br. The monoisotopic (exact) mass is 405 g/mol. The molecule has 0 N–H and O–H groups in total. The Labute approximate surface area is 100 Å². The van der Waals surface area contributed by atoms with Gasteiger partial charge in [0.05, 0.1) is 4.32 Å². The van der Waals surface area contributed by atoms with E-state index in [1.165, 1.54) is 0 Å². The molecule has 0 aromatic heterocycles. The van der Waals surface area contributed by atoms with Crippen LogP contribution in [0.3, 0.4) is 0 Å². The van der Waals surface area contributed by atoms with Gasteiger partial charge < -0.3 is 0 Å². The largest absolute Gasteiger partial charge is 0.0860 e. The second-order valence-electron chi connectivity index (χ2n) is 2.35. The summed E-state index contributed by atoms with van der Waals surface area (Å²) < 4.78 is 3.15. The number of rotatable bonds is 0. The predicted molar refractivity (Wildman–Crippen MR) is 63.5 cm³/mol. The third kappa shape index (κ3) is 2.01. The van der Waals surface area contributed by atoms with E-state index >= 15 is 0 Å². The molecule has 1 atom stereocenters. The molecule has 0 spiro atoms. The fraction of sp³-hybridized carbons (Fsp3) is 0.286. The second kappa shape index (κ2) is 3.64. The molecule has 0 aromatic rings. The minimum atomic E-state index is -0.124. The van der Waals surface area contributed by atoms with Crippen molar-refractivity contribution in [2.45, 2.75) is 11.2 Å². The number of hydrogen-bond donors (Lipinski definition) is 0. The summed E-state index contributed by atoms with van der Waals surface area (Å²) in [4.78, 5) is 0. The molecule has 0 heterocycles. The topological polar surface area (TPSA) is 0 Å². The first-order valence-corrected chi connectivity index (χ1v) is 6.09. The van der Waals surface area contributed by atoms with E-state index in [-0.39, 0.29) is 4.32 Å². The Morgan fingerprint density at radius 2 is 1.82 bits per heavy atom. The van der Waals surface area contributed by atoms with Gasteiger partial charge in [-0.25, -0.2) is 0 Å². The first kappa shape index (κ1) is 10.5. The van der Waals surface area contributed by atoms with Crippen molar-refractivity contribution in [1.82, 2.24) is 0 Å². The lowest BCUT2D eigenvalue weighted by Gasteiger charge is -2.26. The van der Waals surface area contributed by atoms with Gasteiger partial charge in [-0.2, -0.15) is 0 Å². The lowest BCUT2D eigenvalue weighted by atomic mass is 10.1. The number of allylic oxidation sites excluding steroid dienone is 4. The molecule has 1 unspecified atom stereocenters. The number of halogens is 4. The Morgan fingerprint density at radius 1 is 1.27 bits per heavy atom. The van der Waals surface area contributed by atoms with E-state index in [1.807, 2.05) is 12.5 Å². The van der Waals surface area contributed by atoms with Gasteiger partial charge in [0.1, 0.15) is 0 Å². The van der Waals surface area contributed by atoms with E-state index < -0.39 is 0 Å². The van der Waals surface area contributed by atoms with E-state index in [0.717, 1.165) is 13.4 Å². The molecule has 0 amide bonds. The molecule has 11 heavy (non-hydrogen) atoms. The Kier molecular flexibility index (Phi) is 3.47. The van der Waals surface area contributed by atoms with E-state index in [1.54, 1.807) is 0 Å². The molecule has 1 aliphatic carbocycles. The van der Waals surface area contributed by atoms with Crippen LogP contribution in [0.2, 0.25) is 0 Å². The smallest absolute Gasteiger partial charge is 0.0740 e. The van der Waals surface area contributed by atoms with Crippen LogP contribution >= 0.6 is 63.7 Å². The van der Waals surface area contributed by atoms with Crippen LogP contribution in [0, 0.1) is 6.42 Å². The third-order valence-corrected chi connectivity index (χ3v) is 6.80. The van der Waals surface area contributed by atoms with Crippen molar-refractivity contribution in [3.63, 3.8) is 0 Å². The molecule has 0 aliphatic heterocycles. The van der Waals surface area contributed by atoms with Gasteiger partial charge in [0.2, 0.25) is 0 Å². The average Bonchev–Trinajstić information content (AvgIpc) is 1.95. The maximum Gasteiger partial charge on any atom is 0.0860 e. The molecule has 0 fully saturated rings. The maximum atomic E-state index is 3.59. The Balaban J connectivity index is 3.07. The highest BCUT2D eigenvalue weighted by atomic mass is 79.9. The van der Waals surface area contributed by atoms with Gasteiger partial charge in [-0.3, -0.25) is 0 Å². The van der Waals surface area contributed by atoms with Crippen molar-refractivity contribution in [3.8, 4) is 0 Å². The fourth-order valence-corrected chi connectivity index (χ4v) is 2.79. The van der Waals surface area contributed by atoms with Gasteiger partial charge in [0, 0.05) is 19.9 Å². The molecule has 1 radical (unpaired) electrons. The molecule has 0 saturated carbocycles. The summed E-state index contributed by atoms with van der Waals surface area (Å²) in [5.74, 6) is 0. The standard InChI is InChI=1S/C7H5Br4/c1-7(11)5(9)3-2-4(8)6(7)10/h2-3H,1H3. The van der Waals surface area contributed by atoms with Crippen molar-refractivity contribution < 1.29 is 0 Å². The molecule has 0 nitrogen and oxygen atoms in total. The zero-order valence-electron chi connectivity index (χ0n) is 5.67. The van der Waals surface area contributed by atoms with E-state index in [4.69, 9.17) is 0 Å². The van der Waals surface area contributed by atoms with Crippen LogP contribution in [0.4, 0.5) is 0 Å². The fourth-order valence-electron chi connectivity index (χ4n) is 0.705. The third-order valence-electron chi connectivity index (χ3n) is 1.45. The van der Waals surface area contributed by atoms with Crippen molar-refractivity contribution in [3.05, 3.63) is 25.9 Å². The van der Waals surface area contributed by atoms with Crippen LogP contribution in [0.25, 0.3) is 0 Å². The first-order valence-electron chi connectivity index (χ1n) is 2.92. The van der Waals surface area contributed by atoms with Crippen molar-refractivity contribution >= 4 is 63.7 Å². The lowest BCUT2D eigenvalue weighted by molar-refractivity contribution is 0.987. The van der Waals surface area contributed by atoms with E-state index in [2.05, 4.69) is 70.6 Å². The summed E-state index contributed by atoms with van der Waals surface area (Å²) >= 11 is 14.0. The summed E-state index contributed by atoms with van der Waals surface area (Å²) in [5.41, 5.74) is 0. The van der Waals surface area contributed by atoms with Crippen LogP contribution in [-0.4, -0.2) is 4.32 Å². The zero-order chi connectivity index (χ0) is 8.65. The van der Waals surface area contributed by atoms with E-state index in [9.17, 15) is 0 Å². The Morgan fingerprint density at radius 3 is 2.27 bits per heavy atom. The molecular weight excluding hydrogens is 404 g/mol. The zero-order valence-corrected chi connectivity index (χ0v) is 12.0. The van der Waals surface area contributed by atoms with Crippen LogP contribution in [-0.2, 0) is 0 Å². The summed E-state index contributed by atoms with van der Waals surface area (Å²) in [6.07, 6.45) is 4.01. The highest BCUT2D eigenvalue weighted by Crippen LogP contribution is 2.47. The van der Waals surface area contributed by atoms with Gasteiger partial charge in [-0.05, 0) is 6.92 Å². The Bertz CT molecular complexity index is 237. The molecule has 0 aromatic carbocycles. The first-order chi connectivity index (χ1) is 4.96. The number of alkyl halides is 1. The van der Waals surface area contributed by atoms with Gasteiger partial charge >= 0.3 is 0 Å². The molecule has 0 saturated heterocycles. The quantitative estimate of drug-likeness (QED) is 0.512. The predicted octanol–water partition coefficient (Wildman–Crippen LogP) is 4.64. The van der Waals surface area contributed by atoms with Crippen LogP contribution in [0.5, 0.6) is 0 Å². The second-order valence-corrected chi connectivity index (χ2v) is 6.43. The van der Waals surface area contributed by atoms with Gasteiger partial charge in [0.15, 0.2) is 0 Å². The molecule has 0 bridgehead atoms. The minimum Gasteiger partial charge on any atom is -0.0740 e. The van der Waals surface area contributed by atoms with Crippen molar-refractivity contribution in [2.24, 2.45) is 0 Å². The minimum absolute atomic E-state index is 0.124. The molecule has 61 valence electrons. The summed E-state index contributed by atoms with van der Waals surface area (Å²) in [6.45, 7) is 2.08. The van der Waals surface area contributed by atoms with Gasteiger partial charge in [0.25, 0.3) is 0 Å². The van der Waals surface area contributed by atoms with Gasteiger partial charge in [-0.1, -0.05) is 69.8 Å². The highest BCUT2D eigenvalue weighted by Gasteiger charge is 2.31. The normalized spacial score (nSPS) is 32.3. The number of hydrogen-bond acceptors (Lipinski definition) is 0. The van der Waals surface area contributed by atoms with Crippen LogP contribution in [0.1, 0.15) is 6.92 Å². The molecular formula is C7H5Br4. The van der Waals surface area contributed by atoms with Gasteiger partial charge in [-0.15, -0.1) is 0 Å². The molecule has 1 aliphatic rings. The molecule has 1 rings (SSSR count). The Hall–Kier alpha value is 1.40. The highest BCUT2D eigenvalue weighted by molar-refractivity contribution is 9.16. The maximum absolute atomic E-state index is 3.59. The summed E-state index contributed by atoms with van der Waals surface area (Å²) in [6, 6.07) is 0. The summed E-state index contributed by atoms with van der Waals surface area (Å²) in [5, 5.41) is 0. The summed E-state index contributed by atoms with van der Waals surface area (Å²) in [7, 11) is 0. The van der Waals surface area contributed by atoms with Crippen molar-refractivity contribution in [1.29, 1.82) is 0 Å². The molecule has 4 heteroatoms. The average molecular weight is 409 g/mol. The lowest BCUT2D eigenvalue weighted by Crippen LogP contribution is -2.19. The van der Waals surface area contributed by atoms with Crippen LogP contribution in [0.15, 0.2) is 19.5 Å².